The minimum absolute atomic E-state index is 0.488. The van der Waals surface area contributed by atoms with E-state index in [9.17, 15) is 0 Å². The zero-order chi connectivity index (χ0) is 14.1. The second-order valence-corrected chi connectivity index (χ2v) is 5.08. The first-order valence-corrected chi connectivity index (χ1v) is 7.68. The smallest absolute Gasteiger partial charge is 0.0525 e. The predicted octanol–water partition coefficient (Wildman–Crippen LogP) is 2.68. The van der Waals surface area contributed by atoms with Gasteiger partial charge in [-0.1, -0.05) is 20.8 Å². The van der Waals surface area contributed by atoms with Crippen LogP contribution in [0.1, 0.15) is 52.3 Å². The van der Waals surface area contributed by atoms with Crippen LogP contribution in [0.25, 0.3) is 0 Å². The van der Waals surface area contributed by atoms with Crippen LogP contribution in [-0.2, 0) is 6.54 Å². The molecule has 1 rings (SSSR count). The summed E-state index contributed by atoms with van der Waals surface area (Å²) >= 11 is 0. The molecule has 1 heterocycles. The van der Waals surface area contributed by atoms with Crippen LogP contribution in [0.2, 0.25) is 0 Å². The van der Waals surface area contributed by atoms with Crippen LogP contribution in [0.5, 0.6) is 0 Å². The minimum Gasteiger partial charge on any atom is -0.311 e. The van der Waals surface area contributed by atoms with Crippen LogP contribution >= 0.6 is 0 Å². The van der Waals surface area contributed by atoms with Gasteiger partial charge >= 0.3 is 0 Å². The Hall–Kier alpha value is -0.870. The van der Waals surface area contributed by atoms with Gasteiger partial charge in [-0.15, -0.1) is 0 Å². The fourth-order valence-corrected chi connectivity index (χ4v) is 2.24. The molecule has 4 heteroatoms. The highest BCUT2D eigenvalue weighted by Gasteiger charge is 2.07. The topological polar surface area (TPSA) is 33.1 Å². The summed E-state index contributed by atoms with van der Waals surface area (Å²) in [7, 11) is 0. The quantitative estimate of drug-likeness (QED) is 0.661. The van der Waals surface area contributed by atoms with Crippen molar-refractivity contribution in [2.24, 2.45) is 0 Å². The molecule has 0 bridgehead atoms. The lowest BCUT2D eigenvalue weighted by Gasteiger charge is -2.18. The second-order valence-electron chi connectivity index (χ2n) is 5.08. The van der Waals surface area contributed by atoms with Gasteiger partial charge in [0.15, 0.2) is 0 Å². The molecule has 1 aromatic heterocycles. The fraction of sp³-hybridized carbons (Fsp3) is 0.800. The van der Waals surface area contributed by atoms with Crippen molar-refractivity contribution in [3.05, 3.63) is 18.0 Å². The van der Waals surface area contributed by atoms with Gasteiger partial charge in [0.05, 0.1) is 5.69 Å². The van der Waals surface area contributed by atoms with E-state index < -0.39 is 0 Å². The minimum atomic E-state index is 0.488. The molecule has 1 N–H and O–H groups in total. The summed E-state index contributed by atoms with van der Waals surface area (Å²) in [4.78, 5) is 2.46. The van der Waals surface area contributed by atoms with Gasteiger partial charge in [0.25, 0.3) is 0 Å². The van der Waals surface area contributed by atoms with Crippen molar-refractivity contribution < 1.29 is 0 Å². The SMILES string of the molecule is CCC(C)n1nccc1CNCCCN(CC)CC. The Morgan fingerprint density at radius 2 is 2.05 bits per heavy atom. The van der Waals surface area contributed by atoms with E-state index in [0.717, 1.165) is 32.6 Å². The zero-order valence-electron chi connectivity index (χ0n) is 13.0. The average molecular weight is 266 g/mol. The number of hydrogen-bond donors (Lipinski definition) is 1. The Balaban J connectivity index is 2.24. The van der Waals surface area contributed by atoms with E-state index in [2.05, 4.69) is 53.8 Å². The van der Waals surface area contributed by atoms with Crippen LogP contribution in [0.4, 0.5) is 0 Å². The van der Waals surface area contributed by atoms with Crippen molar-refractivity contribution in [2.75, 3.05) is 26.2 Å². The van der Waals surface area contributed by atoms with Gasteiger partial charge in [0, 0.05) is 18.8 Å². The van der Waals surface area contributed by atoms with Crippen LogP contribution in [0.3, 0.4) is 0 Å². The fourth-order valence-electron chi connectivity index (χ4n) is 2.24. The van der Waals surface area contributed by atoms with E-state index >= 15 is 0 Å². The molecule has 19 heavy (non-hydrogen) atoms. The summed E-state index contributed by atoms with van der Waals surface area (Å²) in [5.41, 5.74) is 1.29. The molecule has 0 spiro atoms. The first kappa shape index (κ1) is 16.2. The van der Waals surface area contributed by atoms with Crippen molar-refractivity contribution in [1.29, 1.82) is 0 Å². The van der Waals surface area contributed by atoms with Gasteiger partial charge in [-0.2, -0.15) is 5.10 Å². The molecule has 110 valence electrons. The molecule has 0 saturated heterocycles. The third-order valence-corrected chi connectivity index (χ3v) is 3.79. The van der Waals surface area contributed by atoms with E-state index in [1.807, 2.05) is 6.20 Å². The molecule has 0 radical (unpaired) electrons. The number of hydrogen-bond acceptors (Lipinski definition) is 3. The first-order chi connectivity index (χ1) is 9.22. The molecule has 0 aliphatic rings. The summed E-state index contributed by atoms with van der Waals surface area (Å²) in [6.45, 7) is 14.3. The monoisotopic (exact) mass is 266 g/mol. The molecule has 0 fully saturated rings. The Labute approximate surface area is 118 Å². The van der Waals surface area contributed by atoms with E-state index in [4.69, 9.17) is 0 Å². The molecular weight excluding hydrogens is 236 g/mol. The highest BCUT2D eigenvalue weighted by molar-refractivity contribution is 5.01. The molecule has 0 aliphatic heterocycles. The van der Waals surface area contributed by atoms with Crippen molar-refractivity contribution in [3.63, 3.8) is 0 Å². The maximum Gasteiger partial charge on any atom is 0.0525 e. The van der Waals surface area contributed by atoms with Gasteiger partial charge in [0.1, 0.15) is 0 Å². The van der Waals surface area contributed by atoms with Crippen LogP contribution in [0, 0.1) is 0 Å². The molecule has 0 aliphatic carbocycles. The van der Waals surface area contributed by atoms with Gasteiger partial charge in [-0.3, -0.25) is 4.68 Å². The summed E-state index contributed by atoms with van der Waals surface area (Å²) in [5, 5.41) is 7.93. The Kier molecular flexibility index (Phi) is 7.75. The molecule has 0 saturated carbocycles. The van der Waals surface area contributed by atoms with Gasteiger partial charge in [-0.05, 0) is 52.0 Å². The predicted molar refractivity (Wildman–Crippen MR) is 81.3 cm³/mol. The zero-order valence-corrected chi connectivity index (χ0v) is 13.0. The summed E-state index contributed by atoms with van der Waals surface area (Å²) in [6.07, 6.45) is 4.23. The molecule has 1 aromatic rings. The molecule has 4 nitrogen and oxygen atoms in total. The Morgan fingerprint density at radius 1 is 1.32 bits per heavy atom. The van der Waals surface area contributed by atoms with Gasteiger partial charge in [0.2, 0.25) is 0 Å². The number of nitrogens with zero attached hydrogens (tertiary/aromatic N) is 3. The van der Waals surface area contributed by atoms with E-state index in [-0.39, 0.29) is 0 Å². The molecule has 0 amide bonds. The lowest BCUT2D eigenvalue weighted by Crippen LogP contribution is -2.27. The molecule has 1 atom stereocenters. The highest BCUT2D eigenvalue weighted by Crippen LogP contribution is 2.11. The van der Waals surface area contributed by atoms with Gasteiger partial charge in [-0.25, -0.2) is 0 Å². The van der Waals surface area contributed by atoms with Crippen LogP contribution in [-0.4, -0.2) is 40.9 Å². The normalized spacial score (nSPS) is 13.1. The van der Waals surface area contributed by atoms with Gasteiger partial charge < -0.3 is 10.2 Å². The summed E-state index contributed by atoms with van der Waals surface area (Å²) in [6, 6.07) is 2.60. The van der Waals surface area contributed by atoms with Crippen LogP contribution < -0.4 is 5.32 Å². The molecule has 1 unspecified atom stereocenters. The second kappa shape index (κ2) is 9.10. The molecule has 0 aromatic carbocycles. The number of aromatic nitrogens is 2. The van der Waals surface area contributed by atoms with E-state index in [0.29, 0.717) is 6.04 Å². The summed E-state index contributed by atoms with van der Waals surface area (Å²) in [5.74, 6) is 0. The largest absolute Gasteiger partial charge is 0.311 e. The third-order valence-electron chi connectivity index (χ3n) is 3.79. The molecular formula is C15H30N4. The Morgan fingerprint density at radius 3 is 2.68 bits per heavy atom. The lowest BCUT2D eigenvalue weighted by atomic mass is 10.2. The number of nitrogens with one attached hydrogen (secondary N) is 1. The first-order valence-electron chi connectivity index (χ1n) is 7.68. The summed E-state index contributed by atoms with van der Waals surface area (Å²) < 4.78 is 2.14. The highest BCUT2D eigenvalue weighted by atomic mass is 15.3. The maximum atomic E-state index is 4.41. The van der Waals surface area contributed by atoms with E-state index in [1.54, 1.807) is 0 Å². The van der Waals surface area contributed by atoms with Crippen molar-refractivity contribution in [2.45, 2.75) is 53.1 Å². The van der Waals surface area contributed by atoms with Crippen LogP contribution in [0.15, 0.2) is 12.3 Å². The third kappa shape index (κ3) is 5.33. The average Bonchev–Trinajstić information content (AvgIpc) is 2.90. The lowest BCUT2D eigenvalue weighted by molar-refractivity contribution is 0.297. The standard InChI is InChI=1S/C15H30N4/c1-5-14(4)19-15(9-11-17-19)13-16-10-8-12-18(6-2)7-3/h9,11,14,16H,5-8,10,12-13H2,1-4H3. The number of rotatable bonds is 10. The van der Waals surface area contributed by atoms with Crippen molar-refractivity contribution >= 4 is 0 Å². The van der Waals surface area contributed by atoms with Crippen molar-refractivity contribution in [3.8, 4) is 0 Å². The maximum absolute atomic E-state index is 4.41. The Bertz CT molecular complexity index is 331. The van der Waals surface area contributed by atoms with Crippen molar-refractivity contribution in [1.82, 2.24) is 20.0 Å². The van der Waals surface area contributed by atoms with E-state index in [1.165, 1.54) is 18.7 Å².